The van der Waals surface area contributed by atoms with Gasteiger partial charge in [-0.05, 0) is 29.8 Å². The van der Waals surface area contributed by atoms with Crippen LogP contribution in [0.15, 0.2) is 42.5 Å². The van der Waals surface area contributed by atoms with Gasteiger partial charge in [0, 0.05) is 30.7 Å². The summed E-state index contributed by atoms with van der Waals surface area (Å²) in [6.07, 6.45) is 0. The number of rotatable bonds is 3. The number of hydrogen-bond donors (Lipinski definition) is 1. The summed E-state index contributed by atoms with van der Waals surface area (Å²) in [4.78, 5) is 2.33. The molecule has 5 heteroatoms. The van der Waals surface area contributed by atoms with Crippen LogP contribution in [0.5, 0.6) is 5.75 Å². The molecule has 1 aliphatic rings. The van der Waals surface area contributed by atoms with E-state index in [0.717, 1.165) is 36.1 Å². The van der Waals surface area contributed by atoms with Crippen LogP contribution in [0.3, 0.4) is 0 Å². The Morgan fingerprint density at radius 1 is 1.14 bits per heavy atom. The van der Waals surface area contributed by atoms with Crippen LogP contribution in [-0.4, -0.2) is 26.7 Å². The average molecular weight is 337 g/mol. The lowest BCUT2D eigenvalue weighted by atomic mass is 10.0. The Morgan fingerprint density at radius 3 is 2.59 bits per heavy atom. The minimum absolute atomic E-state index is 0.233. The minimum atomic E-state index is 0.233. The first kappa shape index (κ1) is 15.5. The maximum absolute atomic E-state index is 6.46. The van der Waals surface area contributed by atoms with Crippen LogP contribution in [0.4, 0.5) is 5.69 Å². The first-order valence-electron chi connectivity index (χ1n) is 7.25. The van der Waals surface area contributed by atoms with E-state index in [2.05, 4.69) is 22.3 Å². The maximum Gasteiger partial charge on any atom is 0.120 e. The van der Waals surface area contributed by atoms with Crippen molar-refractivity contribution < 1.29 is 4.74 Å². The minimum Gasteiger partial charge on any atom is -0.497 e. The summed E-state index contributed by atoms with van der Waals surface area (Å²) < 4.78 is 5.23. The van der Waals surface area contributed by atoms with Crippen LogP contribution >= 0.6 is 23.2 Å². The van der Waals surface area contributed by atoms with E-state index in [9.17, 15) is 0 Å². The van der Waals surface area contributed by atoms with Gasteiger partial charge in [0.05, 0.1) is 23.9 Å². The molecule has 1 aliphatic heterocycles. The highest BCUT2D eigenvalue weighted by Gasteiger charge is 2.25. The van der Waals surface area contributed by atoms with Crippen molar-refractivity contribution in [3.05, 3.63) is 58.1 Å². The normalized spacial score (nSPS) is 18.3. The van der Waals surface area contributed by atoms with Crippen molar-refractivity contribution in [1.29, 1.82) is 0 Å². The van der Waals surface area contributed by atoms with Gasteiger partial charge in [-0.1, -0.05) is 35.3 Å². The zero-order valence-corrected chi connectivity index (χ0v) is 13.9. The highest BCUT2D eigenvalue weighted by Crippen LogP contribution is 2.35. The summed E-state index contributed by atoms with van der Waals surface area (Å²) in [6, 6.07) is 14.1. The highest BCUT2D eigenvalue weighted by molar-refractivity contribution is 6.33. The number of piperazine rings is 1. The van der Waals surface area contributed by atoms with E-state index in [-0.39, 0.29) is 6.04 Å². The van der Waals surface area contributed by atoms with Crippen LogP contribution in [0.25, 0.3) is 0 Å². The SMILES string of the molecule is COc1ccc(N2CCNC[C@H]2c2ccc(Cl)cc2)c(Cl)c1. The third kappa shape index (κ3) is 3.17. The molecule has 0 saturated carbocycles. The third-order valence-electron chi connectivity index (χ3n) is 3.96. The quantitative estimate of drug-likeness (QED) is 0.910. The van der Waals surface area contributed by atoms with Crippen LogP contribution < -0.4 is 15.0 Å². The molecule has 1 heterocycles. The number of hydrogen-bond acceptors (Lipinski definition) is 3. The molecular formula is C17H18Cl2N2O. The Morgan fingerprint density at radius 2 is 1.91 bits per heavy atom. The molecule has 0 bridgehead atoms. The fourth-order valence-electron chi connectivity index (χ4n) is 2.82. The molecule has 0 aliphatic carbocycles. The van der Waals surface area contributed by atoms with E-state index in [1.807, 2.05) is 30.3 Å². The molecule has 3 rings (SSSR count). The van der Waals surface area contributed by atoms with Crippen molar-refractivity contribution in [1.82, 2.24) is 5.32 Å². The second kappa shape index (κ2) is 6.78. The zero-order valence-electron chi connectivity index (χ0n) is 12.4. The van der Waals surface area contributed by atoms with Crippen molar-refractivity contribution in [2.24, 2.45) is 0 Å². The smallest absolute Gasteiger partial charge is 0.120 e. The van der Waals surface area contributed by atoms with Crippen LogP contribution in [0, 0.1) is 0 Å². The van der Waals surface area contributed by atoms with Crippen molar-refractivity contribution in [3.63, 3.8) is 0 Å². The van der Waals surface area contributed by atoms with Crippen molar-refractivity contribution in [2.45, 2.75) is 6.04 Å². The number of anilines is 1. The number of methoxy groups -OCH3 is 1. The lowest BCUT2D eigenvalue weighted by Gasteiger charge is -2.38. The van der Waals surface area contributed by atoms with E-state index in [1.54, 1.807) is 7.11 Å². The van der Waals surface area contributed by atoms with Crippen LogP contribution in [-0.2, 0) is 0 Å². The Bertz CT molecular complexity index is 646. The number of ether oxygens (including phenoxy) is 1. The molecule has 22 heavy (non-hydrogen) atoms. The fourth-order valence-corrected chi connectivity index (χ4v) is 3.23. The van der Waals surface area contributed by atoms with E-state index in [1.165, 1.54) is 5.56 Å². The van der Waals surface area contributed by atoms with E-state index in [4.69, 9.17) is 27.9 Å². The molecule has 1 atom stereocenters. The average Bonchev–Trinajstić information content (AvgIpc) is 2.55. The molecule has 0 spiro atoms. The Kier molecular flexibility index (Phi) is 4.77. The van der Waals surface area contributed by atoms with Gasteiger partial charge in [-0.2, -0.15) is 0 Å². The number of benzene rings is 2. The summed E-state index contributed by atoms with van der Waals surface area (Å²) in [7, 11) is 1.65. The fraction of sp³-hybridized carbons (Fsp3) is 0.294. The standard InChI is InChI=1S/C17H18Cl2N2O/c1-22-14-6-7-16(15(19)10-14)21-9-8-20-11-17(21)12-2-4-13(18)5-3-12/h2-7,10,17,20H,8-9,11H2,1H3/t17-/m0/s1. The summed E-state index contributed by atoms with van der Waals surface area (Å²) >= 11 is 12.5. The second-order valence-corrected chi connectivity index (χ2v) is 6.13. The molecule has 0 unspecified atom stereocenters. The number of nitrogens with one attached hydrogen (secondary N) is 1. The molecular weight excluding hydrogens is 319 g/mol. The molecule has 1 saturated heterocycles. The van der Waals surface area contributed by atoms with E-state index < -0.39 is 0 Å². The van der Waals surface area contributed by atoms with Gasteiger partial charge in [0.15, 0.2) is 0 Å². The molecule has 2 aromatic rings. The van der Waals surface area contributed by atoms with Gasteiger partial charge in [-0.15, -0.1) is 0 Å². The van der Waals surface area contributed by atoms with Gasteiger partial charge in [0.1, 0.15) is 5.75 Å². The van der Waals surface area contributed by atoms with Gasteiger partial charge < -0.3 is 15.0 Å². The summed E-state index contributed by atoms with van der Waals surface area (Å²) in [5.41, 5.74) is 2.26. The van der Waals surface area contributed by atoms with Crippen LogP contribution in [0.1, 0.15) is 11.6 Å². The van der Waals surface area contributed by atoms with E-state index in [0.29, 0.717) is 5.02 Å². The number of nitrogens with zero attached hydrogens (tertiary/aromatic N) is 1. The molecule has 0 amide bonds. The first-order valence-corrected chi connectivity index (χ1v) is 8.01. The lowest BCUT2D eigenvalue weighted by molar-refractivity contribution is 0.414. The van der Waals surface area contributed by atoms with Crippen molar-refractivity contribution in [2.75, 3.05) is 31.6 Å². The monoisotopic (exact) mass is 336 g/mol. The molecule has 116 valence electrons. The lowest BCUT2D eigenvalue weighted by Crippen LogP contribution is -2.46. The zero-order chi connectivity index (χ0) is 15.5. The summed E-state index contributed by atoms with van der Waals surface area (Å²) in [6.45, 7) is 2.72. The van der Waals surface area contributed by atoms with Crippen molar-refractivity contribution >= 4 is 28.9 Å². The third-order valence-corrected chi connectivity index (χ3v) is 4.52. The van der Waals surface area contributed by atoms with Gasteiger partial charge in [-0.25, -0.2) is 0 Å². The molecule has 3 nitrogen and oxygen atoms in total. The topological polar surface area (TPSA) is 24.5 Å². The molecule has 1 fully saturated rings. The highest BCUT2D eigenvalue weighted by atomic mass is 35.5. The van der Waals surface area contributed by atoms with Gasteiger partial charge in [-0.3, -0.25) is 0 Å². The number of halogens is 2. The Balaban J connectivity index is 1.94. The van der Waals surface area contributed by atoms with Gasteiger partial charge in [0.25, 0.3) is 0 Å². The molecule has 1 N–H and O–H groups in total. The predicted octanol–water partition coefficient (Wildman–Crippen LogP) is 4.15. The van der Waals surface area contributed by atoms with E-state index >= 15 is 0 Å². The molecule has 2 aromatic carbocycles. The Hall–Kier alpha value is -1.42. The summed E-state index contributed by atoms with van der Waals surface area (Å²) in [5, 5.41) is 4.91. The molecule has 0 aromatic heterocycles. The largest absolute Gasteiger partial charge is 0.497 e. The second-order valence-electron chi connectivity index (χ2n) is 5.28. The molecule has 0 radical (unpaired) electrons. The van der Waals surface area contributed by atoms with Crippen LogP contribution in [0.2, 0.25) is 10.0 Å². The summed E-state index contributed by atoms with van der Waals surface area (Å²) in [5.74, 6) is 0.770. The van der Waals surface area contributed by atoms with Gasteiger partial charge in [0.2, 0.25) is 0 Å². The van der Waals surface area contributed by atoms with Crippen molar-refractivity contribution in [3.8, 4) is 5.75 Å². The first-order chi connectivity index (χ1) is 10.7. The van der Waals surface area contributed by atoms with Gasteiger partial charge >= 0.3 is 0 Å². The predicted molar refractivity (Wildman–Crippen MR) is 92.4 cm³/mol. The maximum atomic E-state index is 6.46. The Labute approximate surface area is 140 Å².